The first-order valence-corrected chi connectivity index (χ1v) is 13.3. The average Bonchev–Trinajstić information content (AvgIpc) is 3.27. The van der Waals surface area contributed by atoms with E-state index in [1.165, 1.54) is 70.6 Å². The zero-order valence-corrected chi connectivity index (χ0v) is 20.4. The number of rotatable bonds is 18. The zero-order valence-electron chi connectivity index (χ0n) is 20.4. The Hall–Kier alpha value is -1.84. The molecule has 1 aliphatic rings. The number of aryl methyl sites for hydroxylation is 1. The molecule has 1 atom stereocenters. The lowest BCUT2D eigenvalue weighted by molar-refractivity contribution is -0.697. The molecule has 180 valence electrons. The van der Waals surface area contributed by atoms with Gasteiger partial charge in [-0.25, -0.2) is 4.57 Å². The highest BCUT2D eigenvalue weighted by Gasteiger charge is 2.20. The minimum absolute atomic E-state index is 0.159. The summed E-state index contributed by atoms with van der Waals surface area (Å²) in [6, 6.07) is 6.05. The van der Waals surface area contributed by atoms with Gasteiger partial charge in [0.2, 0.25) is 0 Å². The summed E-state index contributed by atoms with van der Waals surface area (Å²) in [5, 5.41) is 0. The summed E-state index contributed by atoms with van der Waals surface area (Å²) in [5.74, 6) is 0.680. The molecule has 1 aromatic heterocycles. The van der Waals surface area contributed by atoms with Crippen molar-refractivity contribution >= 4 is 5.97 Å². The number of hydrogen-bond donors (Lipinski definition) is 0. The summed E-state index contributed by atoms with van der Waals surface area (Å²) in [4.78, 5) is 11.9. The van der Waals surface area contributed by atoms with Crippen LogP contribution in [0.25, 0.3) is 0 Å². The Morgan fingerprint density at radius 1 is 0.938 bits per heavy atom. The molecule has 0 amide bonds. The van der Waals surface area contributed by atoms with Crippen LogP contribution in [-0.4, -0.2) is 12.1 Å². The number of aromatic nitrogens is 1. The van der Waals surface area contributed by atoms with Crippen molar-refractivity contribution in [2.45, 2.75) is 129 Å². The first-order chi connectivity index (χ1) is 15.8. The lowest BCUT2D eigenvalue weighted by Crippen LogP contribution is -2.32. The van der Waals surface area contributed by atoms with Gasteiger partial charge in [-0.05, 0) is 25.7 Å². The molecule has 2 heterocycles. The van der Waals surface area contributed by atoms with Crippen LogP contribution in [0.15, 0.2) is 42.6 Å². The van der Waals surface area contributed by atoms with Gasteiger partial charge in [0.05, 0.1) is 6.10 Å². The Bertz CT molecular complexity index is 629. The third kappa shape index (κ3) is 12.9. The average molecular weight is 445 g/mol. The molecule has 0 radical (unpaired) electrons. The van der Waals surface area contributed by atoms with E-state index in [1.807, 2.05) is 30.6 Å². The van der Waals surface area contributed by atoms with Crippen LogP contribution in [0.5, 0.6) is 0 Å². The van der Waals surface area contributed by atoms with Gasteiger partial charge in [0.25, 0.3) is 0 Å². The van der Waals surface area contributed by atoms with Gasteiger partial charge >= 0.3 is 5.97 Å². The predicted octanol–water partition coefficient (Wildman–Crippen LogP) is 7.41. The second kappa shape index (κ2) is 17.7. The van der Waals surface area contributed by atoms with E-state index in [4.69, 9.17) is 9.47 Å². The third-order valence-electron chi connectivity index (χ3n) is 6.31. The van der Waals surface area contributed by atoms with E-state index in [0.29, 0.717) is 12.5 Å². The van der Waals surface area contributed by atoms with Gasteiger partial charge in [0.15, 0.2) is 12.4 Å². The molecule has 0 aliphatic carbocycles. The van der Waals surface area contributed by atoms with Gasteiger partial charge in [-0.3, -0.25) is 4.79 Å². The Labute approximate surface area is 196 Å². The van der Waals surface area contributed by atoms with Crippen LogP contribution in [0, 0.1) is 0 Å². The maximum absolute atomic E-state index is 11.9. The topological polar surface area (TPSA) is 39.4 Å². The molecule has 1 fully saturated rings. The van der Waals surface area contributed by atoms with Crippen molar-refractivity contribution in [2.75, 3.05) is 0 Å². The number of carbonyl (C=O) groups excluding carboxylic acids is 1. The lowest BCUT2D eigenvalue weighted by atomic mass is 10.0. The molecule has 1 saturated heterocycles. The predicted molar refractivity (Wildman–Crippen MR) is 130 cm³/mol. The summed E-state index contributed by atoms with van der Waals surface area (Å²) in [5.41, 5.74) is 0. The quantitative estimate of drug-likeness (QED) is 0.102. The van der Waals surface area contributed by atoms with E-state index in [9.17, 15) is 4.79 Å². The molecule has 0 bridgehead atoms. The molecule has 0 saturated carbocycles. The largest absolute Gasteiger partial charge is 0.492 e. The molecular formula is C28H46NO3+. The summed E-state index contributed by atoms with van der Waals surface area (Å²) in [6.45, 7) is 3.21. The molecule has 4 heteroatoms. The number of nitrogens with zero attached hydrogens (tertiary/aromatic N) is 1. The van der Waals surface area contributed by atoms with Gasteiger partial charge in [-0.1, -0.05) is 77.2 Å². The molecule has 1 unspecified atom stereocenters. The van der Waals surface area contributed by atoms with E-state index in [1.54, 1.807) is 6.26 Å². The summed E-state index contributed by atoms with van der Waals surface area (Å²) < 4.78 is 13.4. The molecule has 2 rings (SSSR count). The van der Waals surface area contributed by atoms with Gasteiger partial charge in [0.1, 0.15) is 18.6 Å². The SMILES string of the molecule is CCCCCCCCCCCCCC1CCC(=COC(=O)CCCC[n+]2ccccc2)O1. The molecule has 0 spiro atoms. The van der Waals surface area contributed by atoms with E-state index in [2.05, 4.69) is 11.5 Å². The van der Waals surface area contributed by atoms with Crippen molar-refractivity contribution in [3.05, 3.63) is 42.6 Å². The van der Waals surface area contributed by atoms with Crippen molar-refractivity contribution in [3.63, 3.8) is 0 Å². The zero-order chi connectivity index (χ0) is 22.7. The van der Waals surface area contributed by atoms with E-state index < -0.39 is 0 Å². The first-order valence-electron chi connectivity index (χ1n) is 13.3. The number of esters is 1. The summed E-state index contributed by atoms with van der Waals surface area (Å²) in [6.07, 6.45) is 26.4. The summed E-state index contributed by atoms with van der Waals surface area (Å²) in [7, 11) is 0. The van der Waals surface area contributed by atoms with Crippen molar-refractivity contribution in [1.82, 2.24) is 0 Å². The minimum Gasteiger partial charge on any atom is -0.492 e. The highest BCUT2D eigenvalue weighted by atomic mass is 16.5. The van der Waals surface area contributed by atoms with Gasteiger partial charge < -0.3 is 9.47 Å². The molecule has 0 N–H and O–H groups in total. The maximum atomic E-state index is 11.9. The minimum atomic E-state index is -0.159. The number of ether oxygens (including phenoxy) is 2. The van der Waals surface area contributed by atoms with Crippen LogP contribution >= 0.6 is 0 Å². The van der Waals surface area contributed by atoms with Crippen molar-refractivity contribution in [3.8, 4) is 0 Å². The fourth-order valence-corrected chi connectivity index (χ4v) is 4.30. The first kappa shape index (κ1) is 26.4. The Morgan fingerprint density at radius 3 is 2.28 bits per heavy atom. The van der Waals surface area contributed by atoms with Crippen LogP contribution in [0.2, 0.25) is 0 Å². The van der Waals surface area contributed by atoms with E-state index in [-0.39, 0.29) is 5.97 Å². The lowest BCUT2D eigenvalue weighted by Gasteiger charge is -2.10. The molecule has 32 heavy (non-hydrogen) atoms. The van der Waals surface area contributed by atoms with Gasteiger partial charge in [-0.15, -0.1) is 0 Å². The number of pyridine rings is 1. The van der Waals surface area contributed by atoms with Crippen molar-refractivity contribution < 1.29 is 18.8 Å². The third-order valence-corrected chi connectivity index (χ3v) is 6.31. The standard InChI is InChI=1S/C28H46NO3/c1-2-3-4-5-6-7-8-9-10-11-13-18-26-20-21-27(32-26)25-31-28(30)19-14-17-24-29-22-15-12-16-23-29/h12,15-16,22-23,25-26H,2-11,13-14,17-21,24H2,1H3/q+1. The number of unbranched alkanes of at least 4 members (excludes halogenated alkanes) is 11. The fraction of sp³-hybridized carbons (Fsp3) is 0.714. The van der Waals surface area contributed by atoms with Crippen molar-refractivity contribution in [2.24, 2.45) is 0 Å². The van der Waals surface area contributed by atoms with Crippen LogP contribution in [0.3, 0.4) is 0 Å². The number of allylic oxidation sites excluding steroid dienone is 1. The van der Waals surface area contributed by atoms with Gasteiger partial charge in [0, 0.05) is 31.4 Å². The Kier molecular flexibility index (Phi) is 14.6. The van der Waals surface area contributed by atoms with Crippen LogP contribution < -0.4 is 4.57 Å². The highest BCUT2D eigenvalue weighted by molar-refractivity contribution is 5.69. The normalized spacial score (nSPS) is 16.9. The summed E-state index contributed by atoms with van der Waals surface area (Å²) >= 11 is 0. The number of carbonyl (C=O) groups is 1. The van der Waals surface area contributed by atoms with Gasteiger partial charge in [-0.2, -0.15) is 0 Å². The molecule has 1 aliphatic heterocycles. The molecule has 4 nitrogen and oxygen atoms in total. The Morgan fingerprint density at radius 2 is 1.59 bits per heavy atom. The molecular weight excluding hydrogens is 398 g/mol. The second-order valence-electron chi connectivity index (χ2n) is 9.25. The fourth-order valence-electron chi connectivity index (χ4n) is 4.30. The monoisotopic (exact) mass is 444 g/mol. The number of hydrogen-bond acceptors (Lipinski definition) is 3. The van der Waals surface area contributed by atoms with Crippen LogP contribution in [-0.2, 0) is 20.8 Å². The second-order valence-corrected chi connectivity index (χ2v) is 9.25. The molecule has 0 aromatic carbocycles. The maximum Gasteiger partial charge on any atom is 0.310 e. The Balaban J connectivity index is 1.41. The van der Waals surface area contributed by atoms with E-state index in [0.717, 1.165) is 44.4 Å². The molecule has 1 aromatic rings. The van der Waals surface area contributed by atoms with Crippen LogP contribution in [0.1, 0.15) is 116 Å². The smallest absolute Gasteiger partial charge is 0.310 e. The highest BCUT2D eigenvalue weighted by Crippen LogP contribution is 2.27. The van der Waals surface area contributed by atoms with Crippen LogP contribution in [0.4, 0.5) is 0 Å². The van der Waals surface area contributed by atoms with Crippen molar-refractivity contribution in [1.29, 1.82) is 0 Å². The van der Waals surface area contributed by atoms with E-state index >= 15 is 0 Å².